The maximum Gasteiger partial charge on any atom is 0.287 e. The van der Waals surface area contributed by atoms with E-state index in [0.29, 0.717) is 47.7 Å². The van der Waals surface area contributed by atoms with Crippen molar-refractivity contribution in [1.29, 1.82) is 0 Å². The highest BCUT2D eigenvalue weighted by Crippen LogP contribution is 2.33. The Balaban J connectivity index is 1.39. The molecule has 0 radical (unpaired) electrons. The highest BCUT2D eigenvalue weighted by molar-refractivity contribution is 7.85. The fraction of sp³-hybridized carbons (Fsp3) is 0.414. The van der Waals surface area contributed by atoms with Gasteiger partial charge in [-0.2, -0.15) is 0 Å². The number of carbonyl (C=O) groups excluding carboxylic acids is 3. The van der Waals surface area contributed by atoms with Crippen LogP contribution in [0.2, 0.25) is 0 Å². The fourth-order valence-electron chi connectivity index (χ4n) is 5.42. The van der Waals surface area contributed by atoms with Crippen molar-refractivity contribution < 1.29 is 23.0 Å². The second-order valence-corrected chi connectivity index (χ2v) is 11.8. The molecule has 1 atom stereocenters. The zero-order chi connectivity index (χ0) is 26.7. The number of carbonyl (C=O) groups is 3. The van der Waals surface area contributed by atoms with Gasteiger partial charge in [0.25, 0.3) is 5.91 Å². The number of fused-ring (bicyclic) bond motifs is 1. The van der Waals surface area contributed by atoms with E-state index in [4.69, 9.17) is 4.42 Å². The normalized spacial score (nSPS) is 18.2. The predicted molar refractivity (Wildman–Crippen MR) is 148 cm³/mol. The lowest BCUT2D eigenvalue weighted by Gasteiger charge is -2.36. The van der Waals surface area contributed by atoms with E-state index in [9.17, 15) is 18.6 Å². The number of piperidine rings is 1. The highest BCUT2D eigenvalue weighted by atomic mass is 32.2. The average molecular weight is 536 g/mol. The summed E-state index contributed by atoms with van der Waals surface area (Å²) in [5, 5.41) is 6.81. The minimum Gasteiger partial charge on any atom is -0.451 e. The van der Waals surface area contributed by atoms with Crippen LogP contribution in [0.15, 0.2) is 57.8 Å². The molecular formula is C29H33N3O5S. The Hall–Kier alpha value is -3.46. The number of amides is 2. The van der Waals surface area contributed by atoms with Crippen molar-refractivity contribution in [3.05, 3.63) is 54.3 Å². The molecule has 1 aromatic heterocycles. The first-order valence-corrected chi connectivity index (χ1v) is 14.6. The number of para-hydroxylation sites is 1. The molecule has 3 aromatic rings. The summed E-state index contributed by atoms with van der Waals surface area (Å²) in [7, 11) is -1.28. The standard InChI is InChI=1S/C29H33N3O5S/c1-2-38(36)26-18-21(12-13-23(26)32-16-8-10-22(33)19-32)30-28(35)29(14-6-3-7-15-29)31-27(34)25-17-20-9-4-5-11-24(20)37-25/h4-5,9,11-13,17-18H,2-3,6-8,10,14-16,19H2,1H3,(H,30,35)(H,31,34). The lowest BCUT2D eigenvalue weighted by atomic mass is 9.80. The number of rotatable bonds is 7. The van der Waals surface area contributed by atoms with E-state index < -0.39 is 22.2 Å². The highest BCUT2D eigenvalue weighted by Gasteiger charge is 2.41. The van der Waals surface area contributed by atoms with Gasteiger partial charge < -0.3 is 20.0 Å². The van der Waals surface area contributed by atoms with Crippen molar-refractivity contribution in [1.82, 2.24) is 5.32 Å². The van der Waals surface area contributed by atoms with E-state index in [2.05, 4.69) is 10.6 Å². The van der Waals surface area contributed by atoms with Crippen molar-refractivity contribution in [2.75, 3.05) is 29.1 Å². The molecular weight excluding hydrogens is 502 g/mol. The Kier molecular flexibility index (Phi) is 7.65. The molecule has 2 amide bonds. The zero-order valence-corrected chi connectivity index (χ0v) is 22.4. The second kappa shape index (κ2) is 11.1. The Labute approximate surface area is 224 Å². The van der Waals surface area contributed by atoms with Crippen LogP contribution in [0.4, 0.5) is 11.4 Å². The number of anilines is 2. The second-order valence-electron chi connectivity index (χ2n) is 10.1. The van der Waals surface area contributed by atoms with Gasteiger partial charge >= 0.3 is 0 Å². The molecule has 1 aliphatic carbocycles. The molecule has 2 aromatic carbocycles. The van der Waals surface area contributed by atoms with Crippen LogP contribution in [-0.2, 0) is 20.4 Å². The summed E-state index contributed by atoms with van der Waals surface area (Å²) in [5.41, 5.74) is 0.825. The van der Waals surface area contributed by atoms with Gasteiger partial charge in [-0.15, -0.1) is 0 Å². The molecule has 200 valence electrons. The zero-order valence-electron chi connectivity index (χ0n) is 21.6. The van der Waals surface area contributed by atoms with Gasteiger partial charge in [-0.05, 0) is 49.6 Å². The van der Waals surface area contributed by atoms with Gasteiger partial charge in [0.05, 0.1) is 27.9 Å². The van der Waals surface area contributed by atoms with Crippen molar-refractivity contribution in [2.45, 2.75) is 62.3 Å². The minimum absolute atomic E-state index is 0.168. The lowest BCUT2D eigenvalue weighted by Crippen LogP contribution is -2.57. The summed E-state index contributed by atoms with van der Waals surface area (Å²) < 4.78 is 18.7. The summed E-state index contributed by atoms with van der Waals surface area (Å²) in [4.78, 5) is 41.6. The van der Waals surface area contributed by atoms with Gasteiger partial charge in [0.2, 0.25) is 5.91 Å². The molecule has 2 N–H and O–H groups in total. The first-order valence-electron chi connectivity index (χ1n) is 13.3. The molecule has 2 aliphatic rings. The number of benzene rings is 2. The molecule has 1 saturated carbocycles. The Morgan fingerprint density at radius 3 is 2.58 bits per heavy atom. The summed E-state index contributed by atoms with van der Waals surface area (Å²) in [5.74, 6) is 0.0437. The Morgan fingerprint density at radius 2 is 1.84 bits per heavy atom. The molecule has 0 bridgehead atoms. The third kappa shape index (κ3) is 5.38. The molecule has 2 fully saturated rings. The van der Waals surface area contributed by atoms with E-state index in [1.807, 2.05) is 36.1 Å². The largest absolute Gasteiger partial charge is 0.451 e. The number of hydrogen-bond donors (Lipinski definition) is 2. The van der Waals surface area contributed by atoms with Crippen LogP contribution in [0, 0.1) is 0 Å². The first kappa shape index (κ1) is 26.2. The van der Waals surface area contributed by atoms with E-state index in [1.165, 1.54) is 0 Å². The maximum absolute atomic E-state index is 13.7. The van der Waals surface area contributed by atoms with Crippen LogP contribution >= 0.6 is 0 Å². The number of furan rings is 1. The van der Waals surface area contributed by atoms with Crippen molar-refractivity contribution in [3.8, 4) is 0 Å². The van der Waals surface area contributed by atoms with Crippen LogP contribution in [0.5, 0.6) is 0 Å². The SMILES string of the molecule is CCS(=O)c1cc(NC(=O)C2(NC(=O)c3cc4ccccc4o3)CCCCC2)ccc1N1CCCC(=O)C1. The van der Waals surface area contributed by atoms with Gasteiger partial charge in [-0.3, -0.25) is 18.6 Å². The average Bonchev–Trinajstić information content (AvgIpc) is 3.38. The summed E-state index contributed by atoms with van der Waals surface area (Å²) in [6.45, 7) is 2.87. The Morgan fingerprint density at radius 1 is 1.05 bits per heavy atom. The fourth-order valence-corrected chi connectivity index (χ4v) is 6.42. The molecule has 1 aliphatic heterocycles. The summed E-state index contributed by atoms with van der Waals surface area (Å²) >= 11 is 0. The number of hydrogen-bond acceptors (Lipinski definition) is 6. The Bertz CT molecular complexity index is 1360. The van der Waals surface area contributed by atoms with Crippen LogP contribution in [0.25, 0.3) is 11.0 Å². The van der Waals surface area contributed by atoms with Crippen molar-refractivity contribution >= 4 is 50.7 Å². The van der Waals surface area contributed by atoms with Crippen molar-refractivity contribution in [3.63, 3.8) is 0 Å². The van der Waals surface area contributed by atoms with Gasteiger partial charge in [0.15, 0.2) is 11.5 Å². The van der Waals surface area contributed by atoms with Gasteiger partial charge in [-0.1, -0.05) is 44.4 Å². The smallest absolute Gasteiger partial charge is 0.287 e. The van der Waals surface area contributed by atoms with Gasteiger partial charge in [0.1, 0.15) is 11.1 Å². The molecule has 1 saturated heterocycles. The summed E-state index contributed by atoms with van der Waals surface area (Å²) in [6.07, 6.45) is 5.01. The molecule has 9 heteroatoms. The van der Waals surface area contributed by atoms with E-state index in [0.717, 1.165) is 43.3 Å². The number of nitrogens with one attached hydrogen (secondary N) is 2. The van der Waals surface area contributed by atoms with E-state index in [1.54, 1.807) is 24.3 Å². The van der Waals surface area contributed by atoms with Crippen LogP contribution in [0.1, 0.15) is 62.4 Å². The maximum atomic E-state index is 13.7. The number of Topliss-reactive ketones (excluding diaryl/α,β-unsaturated/α-hetero) is 1. The predicted octanol–water partition coefficient (Wildman–Crippen LogP) is 4.80. The lowest BCUT2D eigenvalue weighted by molar-refractivity contribution is -0.123. The first-order chi connectivity index (χ1) is 18.4. The molecule has 0 spiro atoms. The van der Waals surface area contributed by atoms with Crippen LogP contribution in [0.3, 0.4) is 0 Å². The molecule has 1 unspecified atom stereocenters. The van der Waals surface area contributed by atoms with Gasteiger partial charge in [0, 0.05) is 29.8 Å². The van der Waals surface area contributed by atoms with Gasteiger partial charge in [-0.25, -0.2) is 0 Å². The van der Waals surface area contributed by atoms with Crippen LogP contribution < -0.4 is 15.5 Å². The minimum atomic E-state index is -1.28. The molecule has 8 nitrogen and oxygen atoms in total. The van der Waals surface area contributed by atoms with E-state index >= 15 is 0 Å². The monoisotopic (exact) mass is 535 g/mol. The number of nitrogens with zero attached hydrogens (tertiary/aromatic N) is 1. The topological polar surface area (TPSA) is 109 Å². The quantitative estimate of drug-likeness (QED) is 0.450. The summed E-state index contributed by atoms with van der Waals surface area (Å²) in [6, 6.07) is 14.4. The van der Waals surface area contributed by atoms with E-state index in [-0.39, 0.29) is 17.5 Å². The number of ketones is 1. The van der Waals surface area contributed by atoms with Crippen molar-refractivity contribution in [2.24, 2.45) is 0 Å². The third-order valence-corrected chi connectivity index (χ3v) is 8.80. The molecule has 5 rings (SSSR count). The molecule has 38 heavy (non-hydrogen) atoms. The molecule has 2 heterocycles. The van der Waals surface area contributed by atoms with Crippen LogP contribution in [-0.4, -0.2) is 46.2 Å². The third-order valence-electron chi connectivity index (χ3n) is 7.46.